The lowest BCUT2D eigenvalue weighted by Crippen LogP contribution is -2.11. The first kappa shape index (κ1) is 12.5. The maximum Gasteiger partial charge on any atom is 0.309 e. The fraction of sp³-hybridized carbons (Fsp3) is 0.923. The molecule has 0 N–H and O–H groups in total. The van der Waals surface area contributed by atoms with Crippen LogP contribution in [0, 0.1) is 11.3 Å². The van der Waals surface area contributed by atoms with Crippen molar-refractivity contribution in [1.29, 1.82) is 0 Å². The third-order valence-electron chi connectivity index (χ3n) is 3.52. The zero-order valence-electron chi connectivity index (χ0n) is 10.3. The molecule has 15 heavy (non-hydrogen) atoms. The Balaban J connectivity index is 2.17. The second-order valence-electron chi connectivity index (χ2n) is 4.97. The van der Waals surface area contributed by atoms with Crippen molar-refractivity contribution in [3.63, 3.8) is 0 Å². The minimum atomic E-state index is 0.0236. The summed E-state index contributed by atoms with van der Waals surface area (Å²) in [6, 6.07) is 0. The molecule has 1 rings (SSSR count). The van der Waals surface area contributed by atoms with E-state index in [4.69, 9.17) is 4.74 Å². The van der Waals surface area contributed by atoms with Crippen LogP contribution in [-0.4, -0.2) is 12.6 Å². The molecule has 1 aliphatic rings. The van der Waals surface area contributed by atoms with Crippen LogP contribution in [0.4, 0.5) is 0 Å². The van der Waals surface area contributed by atoms with E-state index in [1.807, 2.05) is 6.92 Å². The van der Waals surface area contributed by atoms with Crippen molar-refractivity contribution in [1.82, 2.24) is 0 Å². The normalized spacial score (nSPS) is 28.9. The molecule has 1 aliphatic carbocycles. The molecule has 0 amide bonds. The fourth-order valence-corrected chi connectivity index (χ4v) is 2.25. The Kier molecular flexibility index (Phi) is 4.62. The first-order valence-corrected chi connectivity index (χ1v) is 6.30. The topological polar surface area (TPSA) is 26.3 Å². The molecule has 0 aromatic rings. The van der Waals surface area contributed by atoms with E-state index in [2.05, 4.69) is 13.8 Å². The van der Waals surface area contributed by atoms with Gasteiger partial charge in [0.25, 0.3) is 0 Å². The highest BCUT2D eigenvalue weighted by atomic mass is 16.5. The zero-order chi connectivity index (χ0) is 11.3. The minimum absolute atomic E-state index is 0.0236. The molecule has 0 unspecified atom stereocenters. The second kappa shape index (κ2) is 5.53. The van der Waals surface area contributed by atoms with Crippen molar-refractivity contribution in [2.45, 2.75) is 59.3 Å². The summed E-state index contributed by atoms with van der Waals surface area (Å²) in [7, 11) is 0. The van der Waals surface area contributed by atoms with Gasteiger partial charge in [-0.3, -0.25) is 4.79 Å². The maximum atomic E-state index is 11.5. The molecule has 0 radical (unpaired) electrons. The number of hydrogen-bond acceptors (Lipinski definition) is 2. The van der Waals surface area contributed by atoms with Gasteiger partial charge < -0.3 is 4.74 Å². The number of unbranched alkanes of at least 4 members (excludes halogenated alkanes) is 3. The van der Waals surface area contributed by atoms with Gasteiger partial charge in [-0.05, 0) is 25.2 Å². The predicted molar refractivity (Wildman–Crippen MR) is 61.6 cm³/mol. The van der Waals surface area contributed by atoms with Crippen molar-refractivity contribution in [2.24, 2.45) is 11.3 Å². The van der Waals surface area contributed by atoms with Crippen LogP contribution >= 0.6 is 0 Å². The van der Waals surface area contributed by atoms with Gasteiger partial charge in [-0.15, -0.1) is 0 Å². The number of ether oxygens (including phenoxy) is 1. The quantitative estimate of drug-likeness (QED) is 0.476. The third kappa shape index (κ3) is 3.51. The van der Waals surface area contributed by atoms with Crippen LogP contribution in [0.25, 0.3) is 0 Å². The molecule has 0 heterocycles. The largest absolute Gasteiger partial charge is 0.466 e. The monoisotopic (exact) mass is 212 g/mol. The highest BCUT2D eigenvalue weighted by Gasteiger charge is 2.54. The van der Waals surface area contributed by atoms with Gasteiger partial charge in [0, 0.05) is 0 Å². The SMILES string of the molecule is CCCCCC[C@@]1(C)C[C@@H]1C(=O)OCC. The van der Waals surface area contributed by atoms with Crippen LogP contribution in [0.2, 0.25) is 0 Å². The Labute approximate surface area is 93.4 Å². The van der Waals surface area contributed by atoms with Gasteiger partial charge in [0.15, 0.2) is 0 Å². The van der Waals surface area contributed by atoms with Crippen LogP contribution in [0.5, 0.6) is 0 Å². The summed E-state index contributed by atoms with van der Waals surface area (Å²) < 4.78 is 5.05. The van der Waals surface area contributed by atoms with E-state index in [9.17, 15) is 4.79 Å². The Morgan fingerprint density at radius 1 is 1.33 bits per heavy atom. The molecule has 0 aromatic heterocycles. The highest BCUT2D eigenvalue weighted by Crippen LogP contribution is 2.56. The summed E-state index contributed by atoms with van der Waals surface area (Å²) in [5.41, 5.74) is 0.264. The molecule has 0 bridgehead atoms. The Morgan fingerprint density at radius 3 is 2.67 bits per heavy atom. The number of hydrogen-bond donors (Lipinski definition) is 0. The summed E-state index contributed by atoms with van der Waals surface area (Å²) in [6.45, 7) is 6.83. The van der Waals surface area contributed by atoms with Crippen LogP contribution in [0.1, 0.15) is 59.3 Å². The summed E-state index contributed by atoms with van der Waals surface area (Å²) >= 11 is 0. The van der Waals surface area contributed by atoms with E-state index in [0.717, 1.165) is 6.42 Å². The van der Waals surface area contributed by atoms with Gasteiger partial charge >= 0.3 is 5.97 Å². The molecule has 1 saturated carbocycles. The maximum absolute atomic E-state index is 11.5. The van der Waals surface area contributed by atoms with Gasteiger partial charge in [-0.25, -0.2) is 0 Å². The Hall–Kier alpha value is -0.530. The van der Waals surface area contributed by atoms with Crippen LogP contribution in [0.15, 0.2) is 0 Å². The summed E-state index contributed by atoms with van der Waals surface area (Å²) in [5, 5.41) is 0. The van der Waals surface area contributed by atoms with Crippen molar-refractivity contribution >= 4 is 5.97 Å². The van der Waals surface area contributed by atoms with E-state index >= 15 is 0 Å². The molecule has 2 heteroatoms. The van der Waals surface area contributed by atoms with Gasteiger partial charge in [-0.2, -0.15) is 0 Å². The van der Waals surface area contributed by atoms with Crippen molar-refractivity contribution in [3.05, 3.63) is 0 Å². The molecular weight excluding hydrogens is 188 g/mol. The lowest BCUT2D eigenvalue weighted by molar-refractivity contribution is -0.145. The molecule has 0 aliphatic heterocycles. The lowest BCUT2D eigenvalue weighted by Gasteiger charge is -2.10. The molecule has 0 aromatic carbocycles. The summed E-state index contributed by atoms with van der Waals surface area (Å²) in [6.07, 6.45) is 7.40. The van der Waals surface area contributed by atoms with Gasteiger partial charge in [0.1, 0.15) is 0 Å². The molecule has 2 nitrogen and oxygen atoms in total. The van der Waals surface area contributed by atoms with Crippen LogP contribution < -0.4 is 0 Å². The molecule has 2 atom stereocenters. The van der Waals surface area contributed by atoms with Gasteiger partial charge in [0.05, 0.1) is 12.5 Å². The summed E-state index contributed by atoms with van der Waals surface area (Å²) in [5.74, 6) is 0.217. The number of carbonyl (C=O) groups is 1. The third-order valence-corrected chi connectivity index (χ3v) is 3.52. The van der Waals surface area contributed by atoms with E-state index < -0.39 is 0 Å². The lowest BCUT2D eigenvalue weighted by atomic mass is 9.97. The number of rotatable bonds is 7. The summed E-state index contributed by atoms with van der Waals surface area (Å²) in [4.78, 5) is 11.5. The smallest absolute Gasteiger partial charge is 0.309 e. The van der Waals surface area contributed by atoms with Crippen molar-refractivity contribution in [3.8, 4) is 0 Å². The van der Waals surface area contributed by atoms with E-state index in [1.165, 1.54) is 32.1 Å². The highest BCUT2D eigenvalue weighted by molar-refractivity contribution is 5.76. The molecule has 0 spiro atoms. The number of carbonyl (C=O) groups excluding carboxylic acids is 1. The molecular formula is C13H24O2. The Morgan fingerprint density at radius 2 is 2.07 bits per heavy atom. The fourth-order valence-electron chi connectivity index (χ4n) is 2.25. The number of esters is 1. The molecule has 88 valence electrons. The Bertz CT molecular complexity index is 213. The minimum Gasteiger partial charge on any atom is -0.466 e. The van der Waals surface area contributed by atoms with Crippen molar-refractivity contribution < 1.29 is 9.53 Å². The average Bonchev–Trinajstić information content (AvgIpc) is 2.87. The standard InChI is InChI=1S/C13H24O2/c1-4-6-7-8-9-13(3)10-11(13)12(14)15-5-2/h11H,4-10H2,1-3H3/t11-,13+/m1/s1. The van der Waals surface area contributed by atoms with E-state index in [-0.39, 0.29) is 17.3 Å². The first-order valence-electron chi connectivity index (χ1n) is 6.30. The zero-order valence-corrected chi connectivity index (χ0v) is 10.3. The first-order chi connectivity index (χ1) is 7.14. The average molecular weight is 212 g/mol. The molecule has 0 saturated heterocycles. The van der Waals surface area contributed by atoms with E-state index in [1.54, 1.807) is 0 Å². The van der Waals surface area contributed by atoms with Gasteiger partial charge in [0.2, 0.25) is 0 Å². The van der Waals surface area contributed by atoms with E-state index in [0.29, 0.717) is 6.61 Å². The molecule has 1 fully saturated rings. The van der Waals surface area contributed by atoms with Gasteiger partial charge in [-0.1, -0.05) is 39.5 Å². The van der Waals surface area contributed by atoms with Crippen LogP contribution in [0.3, 0.4) is 0 Å². The predicted octanol–water partition coefficient (Wildman–Crippen LogP) is 3.55. The second-order valence-corrected chi connectivity index (χ2v) is 4.97. The van der Waals surface area contributed by atoms with Crippen molar-refractivity contribution in [2.75, 3.05) is 6.61 Å². The van der Waals surface area contributed by atoms with Crippen LogP contribution in [-0.2, 0) is 9.53 Å².